The van der Waals surface area contributed by atoms with Gasteiger partial charge >= 0.3 is 0 Å². The van der Waals surface area contributed by atoms with Gasteiger partial charge in [-0.05, 0) is 25.0 Å². The molecule has 0 amide bonds. The summed E-state index contributed by atoms with van der Waals surface area (Å²) in [5.41, 5.74) is 3.46. The van der Waals surface area contributed by atoms with Crippen LogP contribution in [0.1, 0.15) is 24.6 Å². The SMILES string of the molecule is CCCn1ccc(CNc2cn(C)nc2C)c1. The largest absolute Gasteiger partial charge is 0.378 e. The fraction of sp³-hybridized carbons (Fsp3) is 0.462. The van der Waals surface area contributed by atoms with Crippen molar-refractivity contribution in [1.82, 2.24) is 14.3 Å². The zero-order valence-electron chi connectivity index (χ0n) is 10.8. The summed E-state index contributed by atoms with van der Waals surface area (Å²) < 4.78 is 4.06. The molecule has 4 heteroatoms. The number of rotatable bonds is 5. The molecule has 0 aliphatic rings. The van der Waals surface area contributed by atoms with Gasteiger partial charge in [0.15, 0.2) is 0 Å². The number of aromatic nitrogens is 3. The second-order valence-electron chi connectivity index (χ2n) is 4.41. The third kappa shape index (κ3) is 2.90. The lowest BCUT2D eigenvalue weighted by Gasteiger charge is -2.02. The van der Waals surface area contributed by atoms with E-state index in [1.54, 1.807) is 0 Å². The molecule has 4 nitrogen and oxygen atoms in total. The van der Waals surface area contributed by atoms with E-state index in [-0.39, 0.29) is 0 Å². The second-order valence-corrected chi connectivity index (χ2v) is 4.41. The third-order valence-corrected chi connectivity index (χ3v) is 2.79. The first-order valence-corrected chi connectivity index (χ1v) is 6.08. The summed E-state index contributed by atoms with van der Waals surface area (Å²) in [7, 11) is 1.94. The highest BCUT2D eigenvalue weighted by Crippen LogP contribution is 2.13. The topological polar surface area (TPSA) is 34.8 Å². The van der Waals surface area contributed by atoms with Crippen molar-refractivity contribution in [2.45, 2.75) is 33.4 Å². The molecule has 0 atom stereocenters. The van der Waals surface area contributed by atoms with Crippen molar-refractivity contribution in [2.75, 3.05) is 5.32 Å². The summed E-state index contributed by atoms with van der Waals surface area (Å²) in [5, 5.41) is 7.72. The van der Waals surface area contributed by atoms with E-state index in [4.69, 9.17) is 0 Å². The van der Waals surface area contributed by atoms with Gasteiger partial charge in [-0.3, -0.25) is 4.68 Å². The first-order chi connectivity index (χ1) is 8.19. The third-order valence-electron chi connectivity index (χ3n) is 2.79. The quantitative estimate of drug-likeness (QED) is 0.859. The fourth-order valence-corrected chi connectivity index (χ4v) is 1.96. The second kappa shape index (κ2) is 5.08. The smallest absolute Gasteiger partial charge is 0.0825 e. The summed E-state index contributed by atoms with van der Waals surface area (Å²) in [5.74, 6) is 0. The van der Waals surface area contributed by atoms with E-state index in [9.17, 15) is 0 Å². The van der Waals surface area contributed by atoms with Crippen molar-refractivity contribution >= 4 is 5.69 Å². The van der Waals surface area contributed by atoms with Crippen LogP contribution in [0, 0.1) is 6.92 Å². The molecule has 0 bridgehead atoms. The van der Waals surface area contributed by atoms with Crippen molar-refractivity contribution in [3.8, 4) is 0 Å². The Kier molecular flexibility index (Phi) is 3.52. The van der Waals surface area contributed by atoms with Crippen LogP contribution in [0.3, 0.4) is 0 Å². The van der Waals surface area contributed by atoms with Crippen LogP contribution in [0.15, 0.2) is 24.7 Å². The normalized spacial score (nSPS) is 10.8. The molecule has 1 N–H and O–H groups in total. The lowest BCUT2D eigenvalue weighted by Crippen LogP contribution is -1.99. The lowest BCUT2D eigenvalue weighted by molar-refractivity contribution is 0.681. The zero-order valence-corrected chi connectivity index (χ0v) is 10.8. The first-order valence-electron chi connectivity index (χ1n) is 6.08. The van der Waals surface area contributed by atoms with Gasteiger partial charge in [0.1, 0.15) is 0 Å². The maximum atomic E-state index is 4.31. The molecule has 92 valence electrons. The Balaban J connectivity index is 1.95. The Morgan fingerprint density at radius 2 is 2.18 bits per heavy atom. The minimum absolute atomic E-state index is 0.850. The van der Waals surface area contributed by atoms with Gasteiger partial charge in [-0.25, -0.2) is 0 Å². The van der Waals surface area contributed by atoms with Crippen LogP contribution in [0.2, 0.25) is 0 Å². The number of aryl methyl sites for hydroxylation is 3. The number of anilines is 1. The highest BCUT2D eigenvalue weighted by Gasteiger charge is 2.02. The summed E-state index contributed by atoms with van der Waals surface area (Å²) in [6.07, 6.45) is 7.51. The molecule has 2 heterocycles. The summed E-state index contributed by atoms with van der Waals surface area (Å²) in [4.78, 5) is 0. The molecular formula is C13H20N4. The number of hydrogen-bond acceptors (Lipinski definition) is 2. The van der Waals surface area contributed by atoms with Crippen molar-refractivity contribution in [3.05, 3.63) is 35.9 Å². The Morgan fingerprint density at radius 3 is 2.82 bits per heavy atom. The molecule has 0 aliphatic heterocycles. The maximum absolute atomic E-state index is 4.31. The van der Waals surface area contributed by atoms with Crippen LogP contribution in [-0.2, 0) is 20.1 Å². The molecule has 0 saturated carbocycles. The molecule has 0 aliphatic carbocycles. The van der Waals surface area contributed by atoms with Crippen molar-refractivity contribution in [3.63, 3.8) is 0 Å². The summed E-state index contributed by atoms with van der Waals surface area (Å²) in [6, 6.07) is 2.16. The van der Waals surface area contributed by atoms with E-state index in [0.29, 0.717) is 0 Å². The van der Waals surface area contributed by atoms with Crippen LogP contribution in [0.5, 0.6) is 0 Å². The van der Waals surface area contributed by atoms with Gasteiger partial charge in [0.2, 0.25) is 0 Å². The van der Waals surface area contributed by atoms with E-state index in [2.05, 4.69) is 40.4 Å². The number of hydrogen-bond donors (Lipinski definition) is 1. The fourth-order valence-electron chi connectivity index (χ4n) is 1.96. The minimum atomic E-state index is 0.850. The first kappa shape index (κ1) is 11.8. The number of nitrogens with zero attached hydrogens (tertiary/aromatic N) is 3. The number of nitrogens with one attached hydrogen (secondary N) is 1. The molecular weight excluding hydrogens is 212 g/mol. The zero-order chi connectivity index (χ0) is 12.3. The molecule has 0 unspecified atom stereocenters. The van der Waals surface area contributed by atoms with Gasteiger partial charge in [-0.15, -0.1) is 0 Å². The molecule has 2 aromatic heterocycles. The highest BCUT2D eigenvalue weighted by molar-refractivity contribution is 5.45. The van der Waals surface area contributed by atoms with Gasteiger partial charge in [0.25, 0.3) is 0 Å². The lowest BCUT2D eigenvalue weighted by atomic mass is 10.3. The van der Waals surface area contributed by atoms with Gasteiger partial charge in [-0.1, -0.05) is 6.92 Å². The standard InChI is InChI=1S/C13H20N4/c1-4-6-17-7-5-12(9-17)8-14-13-10-16(3)15-11(13)2/h5,7,9-10,14H,4,6,8H2,1-3H3. The molecule has 0 fully saturated rings. The molecule has 17 heavy (non-hydrogen) atoms. The monoisotopic (exact) mass is 232 g/mol. The van der Waals surface area contributed by atoms with Crippen LogP contribution >= 0.6 is 0 Å². The van der Waals surface area contributed by atoms with Gasteiger partial charge < -0.3 is 9.88 Å². The van der Waals surface area contributed by atoms with Crippen molar-refractivity contribution in [2.24, 2.45) is 7.05 Å². The molecule has 2 rings (SSSR count). The van der Waals surface area contributed by atoms with Crippen molar-refractivity contribution in [1.29, 1.82) is 0 Å². The van der Waals surface area contributed by atoms with Crippen LogP contribution < -0.4 is 5.32 Å². The van der Waals surface area contributed by atoms with Gasteiger partial charge in [0, 0.05) is 38.7 Å². The molecule has 0 aromatic carbocycles. The van der Waals surface area contributed by atoms with Gasteiger partial charge in [0.05, 0.1) is 11.4 Å². The van der Waals surface area contributed by atoms with Crippen LogP contribution in [0.4, 0.5) is 5.69 Å². The Morgan fingerprint density at radius 1 is 1.35 bits per heavy atom. The summed E-state index contributed by atoms with van der Waals surface area (Å²) >= 11 is 0. The van der Waals surface area contributed by atoms with E-state index in [0.717, 1.165) is 24.5 Å². The van der Waals surface area contributed by atoms with Crippen molar-refractivity contribution < 1.29 is 0 Å². The predicted octanol–water partition coefficient (Wildman–Crippen LogP) is 2.55. The highest BCUT2D eigenvalue weighted by atomic mass is 15.3. The van der Waals surface area contributed by atoms with E-state index < -0.39 is 0 Å². The van der Waals surface area contributed by atoms with Gasteiger partial charge in [-0.2, -0.15) is 5.10 Å². The average Bonchev–Trinajstić information content (AvgIpc) is 2.83. The molecule has 2 aromatic rings. The van der Waals surface area contributed by atoms with E-state index >= 15 is 0 Å². The van der Waals surface area contributed by atoms with E-state index in [1.807, 2.05) is 24.9 Å². The Bertz CT molecular complexity index is 481. The Hall–Kier alpha value is -1.71. The van der Waals surface area contributed by atoms with Crippen LogP contribution in [-0.4, -0.2) is 14.3 Å². The molecule has 0 saturated heterocycles. The molecule has 0 radical (unpaired) electrons. The predicted molar refractivity (Wildman–Crippen MR) is 70.0 cm³/mol. The Labute approximate surface area is 102 Å². The maximum Gasteiger partial charge on any atom is 0.0825 e. The molecule has 0 spiro atoms. The minimum Gasteiger partial charge on any atom is -0.378 e. The summed E-state index contributed by atoms with van der Waals surface area (Å²) in [6.45, 7) is 6.15. The van der Waals surface area contributed by atoms with Crippen LogP contribution in [0.25, 0.3) is 0 Å². The van der Waals surface area contributed by atoms with E-state index in [1.165, 1.54) is 12.0 Å². The average molecular weight is 232 g/mol.